The predicted molar refractivity (Wildman–Crippen MR) is 96.2 cm³/mol. The Balaban J connectivity index is 2.14. The monoisotopic (exact) mass is 323 g/mol. The third-order valence-corrected chi connectivity index (χ3v) is 4.87. The van der Waals surface area contributed by atoms with E-state index in [1.807, 2.05) is 41.8 Å². The van der Waals surface area contributed by atoms with Gasteiger partial charge in [0.05, 0.1) is 27.0 Å². The van der Waals surface area contributed by atoms with Gasteiger partial charge in [0.15, 0.2) is 5.58 Å². The molecule has 3 aromatic heterocycles. The summed E-state index contributed by atoms with van der Waals surface area (Å²) in [4.78, 5) is 17.5. The maximum absolute atomic E-state index is 13.0. The first kappa shape index (κ1) is 14.3. The van der Waals surface area contributed by atoms with Crippen molar-refractivity contribution in [2.75, 3.05) is 0 Å². The smallest absolute Gasteiger partial charge is 0.202 e. The first-order chi connectivity index (χ1) is 11.1. The van der Waals surface area contributed by atoms with Gasteiger partial charge in [0.25, 0.3) is 0 Å². The minimum atomic E-state index is 0.0384. The minimum absolute atomic E-state index is 0.0384. The normalized spacial score (nSPS) is 11.8. The molecule has 4 heteroatoms. The number of rotatable bonds is 3. The molecular weight excluding hydrogens is 306 g/mol. The summed E-state index contributed by atoms with van der Waals surface area (Å²) in [5.41, 5.74) is 3.26. The molecule has 0 unspecified atom stereocenters. The summed E-state index contributed by atoms with van der Waals surface area (Å²) in [6, 6.07) is 11.5. The van der Waals surface area contributed by atoms with Crippen molar-refractivity contribution in [1.82, 2.24) is 4.98 Å². The molecule has 0 atom stereocenters. The van der Waals surface area contributed by atoms with Crippen LogP contribution in [0.3, 0.4) is 0 Å². The number of H-pyrrole nitrogens is 1. The van der Waals surface area contributed by atoms with Gasteiger partial charge in [0.2, 0.25) is 5.43 Å². The average molecular weight is 323 g/mol. The van der Waals surface area contributed by atoms with Crippen molar-refractivity contribution >= 4 is 33.3 Å². The molecule has 1 N–H and O–H groups in total. The Labute approximate surface area is 137 Å². The number of nitrogens with one attached hydrogen (secondary N) is 1. The molecule has 0 bridgehead atoms. The van der Waals surface area contributed by atoms with Gasteiger partial charge in [-0.2, -0.15) is 0 Å². The fourth-order valence-corrected chi connectivity index (χ4v) is 3.74. The zero-order chi connectivity index (χ0) is 16.0. The van der Waals surface area contributed by atoms with E-state index < -0.39 is 0 Å². The number of hydrogen-bond donors (Lipinski definition) is 1. The highest BCUT2D eigenvalue weighted by Crippen LogP contribution is 2.34. The van der Waals surface area contributed by atoms with Gasteiger partial charge in [-0.25, -0.2) is 0 Å². The Morgan fingerprint density at radius 3 is 2.74 bits per heavy atom. The van der Waals surface area contributed by atoms with Gasteiger partial charge < -0.3 is 9.40 Å². The van der Waals surface area contributed by atoms with E-state index in [9.17, 15) is 4.79 Å². The second-order valence-electron chi connectivity index (χ2n) is 6.19. The summed E-state index contributed by atoms with van der Waals surface area (Å²) in [6.07, 6.45) is 0.850. The zero-order valence-electron chi connectivity index (χ0n) is 13.1. The molecule has 0 spiro atoms. The fraction of sp³-hybridized carbons (Fsp3) is 0.211. The first-order valence-electron chi connectivity index (χ1n) is 7.75. The molecule has 1 aromatic carbocycles. The lowest BCUT2D eigenvalue weighted by molar-refractivity contribution is 0.613. The zero-order valence-corrected chi connectivity index (χ0v) is 13.9. The van der Waals surface area contributed by atoms with Crippen molar-refractivity contribution in [3.05, 3.63) is 57.7 Å². The van der Waals surface area contributed by atoms with Crippen molar-refractivity contribution in [3.63, 3.8) is 0 Å². The SMILES string of the molecule is CC(C)Cc1[nH]c(-c2cccs2)c2c(=O)c3ccccc3oc12. The largest absolute Gasteiger partial charge is 0.454 e. The van der Waals surface area contributed by atoms with Crippen molar-refractivity contribution in [2.45, 2.75) is 20.3 Å². The predicted octanol–water partition coefficient (Wildman–Crippen LogP) is 5.20. The van der Waals surface area contributed by atoms with Gasteiger partial charge in [-0.15, -0.1) is 11.3 Å². The van der Waals surface area contributed by atoms with Crippen molar-refractivity contribution in [3.8, 4) is 10.6 Å². The second kappa shape index (κ2) is 5.39. The molecule has 4 aromatic rings. The van der Waals surface area contributed by atoms with Crippen molar-refractivity contribution < 1.29 is 4.42 Å². The lowest BCUT2D eigenvalue weighted by atomic mass is 10.1. The van der Waals surface area contributed by atoms with E-state index in [1.54, 1.807) is 11.3 Å². The molecule has 4 rings (SSSR count). The molecule has 0 saturated carbocycles. The summed E-state index contributed by atoms with van der Waals surface area (Å²) in [6.45, 7) is 4.33. The highest BCUT2D eigenvalue weighted by molar-refractivity contribution is 7.13. The number of benzene rings is 1. The van der Waals surface area contributed by atoms with E-state index in [0.29, 0.717) is 27.9 Å². The molecule has 0 saturated heterocycles. The molecule has 3 heterocycles. The maximum Gasteiger partial charge on any atom is 0.202 e. The van der Waals surface area contributed by atoms with Gasteiger partial charge >= 0.3 is 0 Å². The highest BCUT2D eigenvalue weighted by Gasteiger charge is 2.20. The van der Waals surface area contributed by atoms with Gasteiger partial charge in [-0.05, 0) is 35.9 Å². The van der Waals surface area contributed by atoms with Crippen LogP contribution in [0.2, 0.25) is 0 Å². The Bertz CT molecular complexity index is 1040. The quantitative estimate of drug-likeness (QED) is 0.563. The van der Waals surface area contributed by atoms with Gasteiger partial charge in [0.1, 0.15) is 5.58 Å². The summed E-state index contributed by atoms with van der Waals surface area (Å²) in [5, 5.41) is 3.32. The molecule has 23 heavy (non-hydrogen) atoms. The maximum atomic E-state index is 13.0. The topological polar surface area (TPSA) is 46.0 Å². The number of fused-ring (bicyclic) bond motifs is 2. The van der Waals surface area contributed by atoms with E-state index in [4.69, 9.17) is 4.42 Å². The van der Waals surface area contributed by atoms with Crippen LogP contribution in [0.25, 0.3) is 32.5 Å². The van der Waals surface area contributed by atoms with Crippen LogP contribution in [0.5, 0.6) is 0 Å². The van der Waals surface area contributed by atoms with E-state index in [1.165, 1.54) is 0 Å². The van der Waals surface area contributed by atoms with Crippen LogP contribution >= 0.6 is 11.3 Å². The number of hydrogen-bond acceptors (Lipinski definition) is 3. The summed E-state index contributed by atoms with van der Waals surface area (Å²) in [5.74, 6) is 0.477. The lowest BCUT2D eigenvalue weighted by Gasteiger charge is -2.03. The summed E-state index contributed by atoms with van der Waals surface area (Å²) in [7, 11) is 0. The molecular formula is C19H17NO2S. The standard InChI is InChI=1S/C19H17NO2S/c1-11(2)10-13-19-16(17(20-13)15-8-5-9-23-15)18(21)12-6-3-4-7-14(12)22-19/h3-9,11,20H,10H2,1-2H3. The Morgan fingerprint density at radius 2 is 2.00 bits per heavy atom. The first-order valence-corrected chi connectivity index (χ1v) is 8.63. The van der Waals surface area contributed by atoms with Crippen LogP contribution in [-0.2, 0) is 6.42 Å². The molecule has 3 nitrogen and oxygen atoms in total. The second-order valence-corrected chi connectivity index (χ2v) is 7.13. The summed E-state index contributed by atoms with van der Waals surface area (Å²) >= 11 is 1.63. The van der Waals surface area contributed by atoms with Gasteiger partial charge in [-0.3, -0.25) is 4.79 Å². The van der Waals surface area contributed by atoms with Crippen LogP contribution in [0.1, 0.15) is 19.5 Å². The molecule has 0 aliphatic carbocycles. The van der Waals surface area contributed by atoms with E-state index in [0.717, 1.165) is 22.7 Å². The summed E-state index contributed by atoms with van der Waals surface area (Å²) < 4.78 is 6.11. The van der Waals surface area contributed by atoms with Crippen LogP contribution in [0.4, 0.5) is 0 Å². The van der Waals surface area contributed by atoms with Gasteiger partial charge in [0, 0.05) is 0 Å². The molecule has 0 amide bonds. The Morgan fingerprint density at radius 1 is 1.17 bits per heavy atom. The molecule has 0 aliphatic rings. The van der Waals surface area contributed by atoms with Crippen LogP contribution in [-0.4, -0.2) is 4.98 Å². The van der Waals surface area contributed by atoms with Crippen LogP contribution < -0.4 is 5.43 Å². The third kappa shape index (κ3) is 2.30. The average Bonchev–Trinajstić information content (AvgIpc) is 3.16. The van der Waals surface area contributed by atoms with Crippen molar-refractivity contribution in [2.24, 2.45) is 5.92 Å². The van der Waals surface area contributed by atoms with E-state index >= 15 is 0 Å². The van der Waals surface area contributed by atoms with Gasteiger partial charge in [-0.1, -0.05) is 32.0 Å². The Hall–Kier alpha value is -2.33. The Kier molecular flexibility index (Phi) is 3.34. The van der Waals surface area contributed by atoms with Crippen LogP contribution in [0.15, 0.2) is 51.0 Å². The minimum Gasteiger partial charge on any atom is -0.454 e. The third-order valence-electron chi connectivity index (χ3n) is 3.98. The molecule has 116 valence electrons. The molecule has 0 fully saturated rings. The molecule has 0 radical (unpaired) electrons. The number of aromatic nitrogens is 1. The lowest BCUT2D eigenvalue weighted by Crippen LogP contribution is -2.02. The van der Waals surface area contributed by atoms with E-state index in [2.05, 4.69) is 18.8 Å². The van der Waals surface area contributed by atoms with Crippen molar-refractivity contribution in [1.29, 1.82) is 0 Å². The fourth-order valence-electron chi connectivity index (χ4n) is 3.01. The number of thiophene rings is 1. The number of aromatic amines is 1. The highest BCUT2D eigenvalue weighted by atomic mass is 32.1. The molecule has 0 aliphatic heterocycles. The van der Waals surface area contributed by atoms with E-state index in [-0.39, 0.29) is 5.43 Å². The number of para-hydroxylation sites is 1. The van der Waals surface area contributed by atoms with Crippen LogP contribution in [0, 0.1) is 5.92 Å².